The maximum absolute atomic E-state index is 12.4. The first-order valence-corrected chi connectivity index (χ1v) is 9.07. The van der Waals surface area contributed by atoms with Crippen molar-refractivity contribution < 1.29 is 19.1 Å². The lowest BCUT2D eigenvalue weighted by Gasteiger charge is -2.19. The second-order valence-corrected chi connectivity index (χ2v) is 7.59. The lowest BCUT2D eigenvalue weighted by Crippen LogP contribution is -2.37. The van der Waals surface area contributed by atoms with Crippen molar-refractivity contribution in [3.8, 4) is 5.75 Å². The molecule has 1 aliphatic carbocycles. The molecule has 0 aromatic heterocycles. The van der Waals surface area contributed by atoms with Gasteiger partial charge in [0.15, 0.2) is 5.75 Å². The molecular weight excluding hydrogens is 398 g/mol. The zero-order valence-electron chi connectivity index (χ0n) is 13.2. The molecule has 2 aliphatic rings. The molecule has 1 aromatic carbocycles. The molecule has 5 nitrogen and oxygen atoms in total. The van der Waals surface area contributed by atoms with E-state index in [4.69, 9.17) is 16.3 Å². The number of fused-ring (bicyclic) bond motifs is 1. The number of nitrogens with zero attached hydrogens (tertiary/aromatic N) is 1. The first kappa shape index (κ1) is 17.4. The molecule has 0 spiro atoms. The normalized spacial score (nSPS) is 23.4. The molecule has 1 saturated heterocycles. The van der Waals surface area contributed by atoms with Crippen LogP contribution in [0.15, 0.2) is 16.6 Å². The first-order valence-electron chi connectivity index (χ1n) is 7.90. The molecule has 0 unspecified atom stereocenters. The van der Waals surface area contributed by atoms with E-state index in [-0.39, 0.29) is 35.9 Å². The van der Waals surface area contributed by atoms with Gasteiger partial charge in [-0.3, -0.25) is 14.5 Å². The topological polar surface area (TPSA) is 63.7 Å². The minimum atomic E-state index is -0.664. The molecule has 2 amide bonds. The Hall–Kier alpha value is -1.40. The SMILES string of the molecule is Cc1cc(Br)cc(Cl)c1OC(=O)CN1C(=O)[C@H]2CCCC[C@H]2C1=O. The predicted molar refractivity (Wildman–Crippen MR) is 91.7 cm³/mol. The smallest absolute Gasteiger partial charge is 0.331 e. The Labute approximate surface area is 153 Å². The first-order chi connectivity index (χ1) is 11.4. The number of amides is 2. The number of rotatable bonds is 3. The average molecular weight is 415 g/mol. The summed E-state index contributed by atoms with van der Waals surface area (Å²) in [4.78, 5) is 38.0. The summed E-state index contributed by atoms with van der Waals surface area (Å²) in [6.45, 7) is 1.40. The summed E-state index contributed by atoms with van der Waals surface area (Å²) in [5.74, 6) is -1.45. The van der Waals surface area contributed by atoms with Crippen LogP contribution in [0.3, 0.4) is 0 Å². The number of halogens is 2. The average Bonchev–Trinajstić information content (AvgIpc) is 2.76. The summed E-state index contributed by atoms with van der Waals surface area (Å²) in [5, 5.41) is 0.294. The number of aryl methyl sites for hydroxylation is 1. The van der Waals surface area contributed by atoms with Crippen LogP contribution >= 0.6 is 27.5 Å². The molecule has 0 radical (unpaired) electrons. The van der Waals surface area contributed by atoms with Gasteiger partial charge in [0.2, 0.25) is 11.8 Å². The fourth-order valence-corrected chi connectivity index (χ4v) is 4.49. The van der Waals surface area contributed by atoms with Crippen molar-refractivity contribution in [2.75, 3.05) is 6.54 Å². The van der Waals surface area contributed by atoms with Crippen LogP contribution in [0, 0.1) is 18.8 Å². The fourth-order valence-electron chi connectivity index (χ4n) is 3.48. The van der Waals surface area contributed by atoms with Crippen LogP contribution in [0.2, 0.25) is 5.02 Å². The largest absolute Gasteiger partial charge is 0.423 e. The molecule has 128 valence electrons. The number of likely N-dealkylation sites (tertiary alicyclic amines) is 1. The van der Waals surface area contributed by atoms with Crippen molar-refractivity contribution in [1.29, 1.82) is 0 Å². The van der Waals surface area contributed by atoms with Crippen LogP contribution in [0.5, 0.6) is 5.75 Å². The van der Waals surface area contributed by atoms with Gasteiger partial charge in [-0.25, -0.2) is 4.79 Å². The van der Waals surface area contributed by atoms with Crippen LogP contribution in [0.4, 0.5) is 0 Å². The predicted octanol–water partition coefficient (Wildman–Crippen LogP) is 3.49. The van der Waals surface area contributed by atoms with Crippen LogP contribution in [0.25, 0.3) is 0 Å². The van der Waals surface area contributed by atoms with Crippen LogP contribution in [-0.4, -0.2) is 29.2 Å². The van der Waals surface area contributed by atoms with E-state index >= 15 is 0 Å². The van der Waals surface area contributed by atoms with Gasteiger partial charge in [0.1, 0.15) is 6.54 Å². The maximum Gasteiger partial charge on any atom is 0.331 e. The van der Waals surface area contributed by atoms with Crippen molar-refractivity contribution in [2.24, 2.45) is 11.8 Å². The van der Waals surface area contributed by atoms with Gasteiger partial charge in [-0.1, -0.05) is 40.4 Å². The Morgan fingerprint density at radius 1 is 1.25 bits per heavy atom. The van der Waals surface area contributed by atoms with Gasteiger partial charge < -0.3 is 4.74 Å². The van der Waals surface area contributed by atoms with E-state index < -0.39 is 5.97 Å². The highest BCUT2D eigenvalue weighted by molar-refractivity contribution is 9.10. The second-order valence-electron chi connectivity index (χ2n) is 6.27. The molecule has 24 heavy (non-hydrogen) atoms. The molecule has 1 heterocycles. The Balaban J connectivity index is 1.71. The van der Waals surface area contributed by atoms with Gasteiger partial charge in [0.05, 0.1) is 16.9 Å². The summed E-state index contributed by atoms with van der Waals surface area (Å²) in [6, 6.07) is 3.40. The third-order valence-corrected chi connectivity index (χ3v) is 5.37. The Kier molecular flexibility index (Phi) is 4.97. The summed E-state index contributed by atoms with van der Waals surface area (Å²) in [6.07, 6.45) is 3.34. The van der Waals surface area contributed by atoms with Gasteiger partial charge >= 0.3 is 5.97 Å². The molecule has 7 heteroatoms. The van der Waals surface area contributed by atoms with Crippen molar-refractivity contribution in [3.63, 3.8) is 0 Å². The molecule has 2 atom stereocenters. The minimum Gasteiger partial charge on any atom is -0.423 e. The van der Waals surface area contributed by atoms with E-state index in [1.165, 1.54) is 0 Å². The maximum atomic E-state index is 12.4. The number of carbonyl (C=O) groups is 3. The Bertz CT molecular complexity index is 674. The molecule has 0 N–H and O–H groups in total. The van der Waals surface area contributed by atoms with Crippen LogP contribution < -0.4 is 4.74 Å². The van der Waals surface area contributed by atoms with E-state index in [1.807, 2.05) is 0 Å². The summed E-state index contributed by atoms with van der Waals surface area (Å²) < 4.78 is 6.08. The lowest BCUT2D eigenvalue weighted by molar-refractivity contribution is -0.148. The van der Waals surface area contributed by atoms with Gasteiger partial charge in [-0.05, 0) is 37.5 Å². The number of hydrogen-bond acceptors (Lipinski definition) is 4. The molecule has 1 aromatic rings. The number of carbonyl (C=O) groups excluding carboxylic acids is 3. The number of hydrogen-bond donors (Lipinski definition) is 0. The second kappa shape index (κ2) is 6.84. The lowest BCUT2D eigenvalue weighted by atomic mass is 9.81. The third kappa shape index (κ3) is 3.22. The van der Waals surface area contributed by atoms with Gasteiger partial charge in [-0.15, -0.1) is 0 Å². The molecule has 0 bridgehead atoms. The Morgan fingerprint density at radius 3 is 2.38 bits per heavy atom. The quantitative estimate of drug-likeness (QED) is 0.431. The van der Waals surface area contributed by atoms with Crippen molar-refractivity contribution in [2.45, 2.75) is 32.6 Å². The van der Waals surface area contributed by atoms with Gasteiger partial charge in [0.25, 0.3) is 0 Å². The summed E-state index contributed by atoms with van der Waals surface area (Å²) in [7, 11) is 0. The highest BCUT2D eigenvalue weighted by Gasteiger charge is 2.48. The molecule has 3 rings (SSSR count). The van der Waals surface area contributed by atoms with E-state index in [0.717, 1.165) is 35.1 Å². The minimum absolute atomic E-state index is 0.250. The molecule has 1 aliphatic heterocycles. The highest BCUT2D eigenvalue weighted by atomic mass is 79.9. The van der Waals surface area contributed by atoms with Crippen molar-refractivity contribution in [1.82, 2.24) is 4.90 Å². The van der Waals surface area contributed by atoms with Crippen molar-refractivity contribution >= 4 is 45.3 Å². The van der Waals surface area contributed by atoms with E-state index in [1.54, 1.807) is 19.1 Å². The third-order valence-electron chi connectivity index (χ3n) is 4.63. The number of esters is 1. The highest BCUT2D eigenvalue weighted by Crippen LogP contribution is 2.38. The van der Waals surface area contributed by atoms with Crippen LogP contribution in [-0.2, 0) is 14.4 Å². The number of imide groups is 1. The summed E-state index contributed by atoms with van der Waals surface area (Å²) >= 11 is 9.41. The Morgan fingerprint density at radius 2 is 1.83 bits per heavy atom. The zero-order chi connectivity index (χ0) is 17.4. The van der Waals surface area contributed by atoms with Crippen molar-refractivity contribution in [3.05, 3.63) is 27.2 Å². The van der Waals surface area contributed by atoms with Crippen LogP contribution in [0.1, 0.15) is 31.2 Å². The molecule has 1 saturated carbocycles. The van der Waals surface area contributed by atoms with E-state index in [0.29, 0.717) is 10.6 Å². The van der Waals surface area contributed by atoms with E-state index in [9.17, 15) is 14.4 Å². The number of ether oxygens (including phenoxy) is 1. The molecule has 2 fully saturated rings. The monoisotopic (exact) mass is 413 g/mol. The van der Waals surface area contributed by atoms with Gasteiger partial charge in [-0.2, -0.15) is 0 Å². The summed E-state index contributed by atoms with van der Waals surface area (Å²) in [5.41, 5.74) is 0.690. The zero-order valence-corrected chi connectivity index (χ0v) is 15.5. The standard InChI is InChI=1S/C17H17BrClNO4/c1-9-6-10(18)7-13(19)15(9)24-14(21)8-20-16(22)11-4-2-3-5-12(11)17(20)23/h6-7,11-12H,2-5,8H2,1H3/t11-,12+. The fraction of sp³-hybridized carbons (Fsp3) is 0.471. The van der Waals surface area contributed by atoms with E-state index in [2.05, 4.69) is 15.9 Å². The number of benzene rings is 1. The van der Waals surface area contributed by atoms with Gasteiger partial charge in [0, 0.05) is 4.47 Å². The molecular formula is C17H17BrClNO4.